The minimum Gasteiger partial charge on any atom is -0.242 e. The third-order valence-corrected chi connectivity index (χ3v) is 3.65. The van der Waals surface area contributed by atoms with Gasteiger partial charge in [-0.2, -0.15) is 5.10 Å². The molecule has 0 saturated carbocycles. The van der Waals surface area contributed by atoms with Crippen molar-refractivity contribution in [2.45, 2.75) is 40.5 Å². The fraction of sp³-hybridized carbons (Fsp3) is 0.286. The van der Waals surface area contributed by atoms with Gasteiger partial charge >= 0.3 is 0 Å². The predicted molar refractivity (Wildman–Crippen MR) is 109 cm³/mol. The van der Waals surface area contributed by atoms with Crippen LogP contribution in [0.3, 0.4) is 0 Å². The van der Waals surface area contributed by atoms with E-state index in [0.717, 1.165) is 22.7 Å². The van der Waals surface area contributed by atoms with Gasteiger partial charge in [0.2, 0.25) is 0 Å². The molecule has 0 atom stereocenters. The molecule has 6 nitrogen and oxygen atoms in total. The summed E-state index contributed by atoms with van der Waals surface area (Å²) in [6, 6.07) is 11.9. The second-order valence-electron chi connectivity index (χ2n) is 5.90. The summed E-state index contributed by atoms with van der Waals surface area (Å²) in [6.07, 6.45) is 6.74. The molecule has 0 spiro atoms. The minimum atomic E-state index is 0.452. The van der Waals surface area contributed by atoms with Crippen LogP contribution in [0.2, 0.25) is 0 Å². The van der Waals surface area contributed by atoms with Gasteiger partial charge in [-0.25, -0.2) is 24.6 Å². The van der Waals surface area contributed by atoms with Gasteiger partial charge in [0.1, 0.15) is 12.7 Å². The van der Waals surface area contributed by atoms with Crippen LogP contribution in [0, 0.1) is 6.92 Å². The Balaban J connectivity index is 0.000000178. The highest BCUT2D eigenvalue weighted by atomic mass is 15.3. The number of fused-ring (bicyclic) bond motifs is 1. The summed E-state index contributed by atoms with van der Waals surface area (Å²) in [7, 11) is 0. The van der Waals surface area contributed by atoms with Crippen molar-refractivity contribution in [3.8, 4) is 5.82 Å². The van der Waals surface area contributed by atoms with Crippen molar-refractivity contribution in [1.29, 1.82) is 0 Å². The van der Waals surface area contributed by atoms with Crippen LogP contribution in [0.4, 0.5) is 0 Å². The molecule has 3 aromatic heterocycles. The number of para-hydroxylation sites is 1. The molecule has 0 unspecified atom stereocenters. The number of aryl methyl sites for hydroxylation is 1. The van der Waals surface area contributed by atoms with Crippen LogP contribution in [0.25, 0.3) is 16.7 Å². The highest BCUT2D eigenvalue weighted by Gasteiger charge is 2.05. The van der Waals surface area contributed by atoms with Gasteiger partial charge in [0.15, 0.2) is 5.82 Å². The van der Waals surface area contributed by atoms with Gasteiger partial charge < -0.3 is 0 Å². The normalized spacial score (nSPS) is 10.0. The lowest BCUT2D eigenvalue weighted by Crippen LogP contribution is -1.98. The van der Waals surface area contributed by atoms with Crippen LogP contribution in [0.15, 0.2) is 61.4 Å². The summed E-state index contributed by atoms with van der Waals surface area (Å²) in [6.45, 7) is 10.2. The lowest BCUT2D eigenvalue weighted by atomic mass is 10.1. The zero-order chi connectivity index (χ0) is 19.6. The van der Waals surface area contributed by atoms with Gasteiger partial charge in [-0.1, -0.05) is 45.9 Å². The van der Waals surface area contributed by atoms with Crippen molar-refractivity contribution in [2.75, 3.05) is 0 Å². The third-order valence-electron chi connectivity index (χ3n) is 3.65. The molecule has 3 heterocycles. The smallest absolute Gasteiger partial charge is 0.156 e. The van der Waals surface area contributed by atoms with Gasteiger partial charge in [0.25, 0.3) is 0 Å². The van der Waals surface area contributed by atoms with Crippen molar-refractivity contribution in [3.63, 3.8) is 0 Å². The van der Waals surface area contributed by atoms with E-state index < -0.39 is 0 Å². The molecule has 0 N–H and O–H groups in total. The van der Waals surface area contributed by atoms with Crippen molar-refractivity contribution in [2.24, 2.45) is 0 Å². The Morgan fingerprint density at radius 1 is 0.889 bits per heavy atom. The first kappa shape index (κ1) is 20.2. The quantitative estimate of drug-likeness (QED) is 0.515. The molecule has 0 aliphatic carbocycles. The van der Waals surface area contributed by atoms with E-state index in [2.05, 4.69) is 44.9 Å². The number of rotatable bonds is 2. The molecule has 140 valence electrons. The molecule has 0 aliphatic heterocycles. The van der Waals surface area contributed by atoms with Crippen LogP contribution in [-0.4, -0.2) is 29.7 Å². The molecule has 0 fully saturated rings. The molecule has 0 amide bonds. The maximum atomic E-state index is 4.30. The lowest BCUT2D eigenvalue weighted by molar-refractivity contribution is 0.828. The van der Waals surface area contributed by atoms with E-state index >= 15 is 0 Å². The van der Waals surface area contributed by atoms with E-state index in [-0.39, 0.29) is 0 Å². The summed E-state index contributed by atoms with van der Waals surface area (Å²) in [5.41, 5.74) is 3.10. The van der Waals surface area contributed by atoms with Crippen LogP contribution >= 0.6 is 0 Å². The predicted octanol–water partition coefficient (Wildman–Crippen LogP) is 4.75. The average molecular weight is 362 g/mol. The van der Waals surface area contributed by atoms with Crippen molar-refractivity contribution >= 4 is 10.9 Å². The zero-order valence-electron chi connectivity index (χ0n) is 16.5. The van der Waals surface area contributed by atoms with E-state index in [4.69, 9.17) is 0 Å². The van der Waals surface area contributed by atoms with Crippen LogP contribution < -0.4 is 0 Å². The Bertz CT molecular complexity index is 942. The van der Waals surface area contributed by atoms with Crippen molar-refractivity contribution in [3.05, 3.63) is 72.8 Å². The number of hydrogen-bond acceptors (Lipinski definition) is 5. The average Bonchev–Trinajstić information content (AvgIpc) is 3.24. The third kappa shape index (κ3) is 5.41. The molecule has 0 radical (unpaired) electrons. The summed E-state index contributed by atoms with van der Waals surface area (Å²) in [4.78, 5) is 16.6. The molecular weight excluding hydrogens is 336 g/mol. The Labute approximate surface area is 160 Å². The molecule has 27 heavy (non-hydrogen) atoms. The van der Waals surface area contributed by atoms with Crippen molar-refractivity contribution < 1.29 is 0 Å². The maximum absolute atomic E-state index is 4.30. The highest BCUT2D eigenvalue weighted by Crippen LogP contribution is 2.20. The molecular formula is C21H26N6. The summed E-state index contributed by atoms with van der Waals surface area (Å²) in [5.74, 6) is 1.25. The number of benzene rings is 1. The van der Waals surface area contributed by atoms with E-state index in [0.29, 0.717) is 5.92 Å². The van der Waals surface area contributed by atoms with E-state index in [1.165, 1.54) is 11.7 Å². The van der Waals surface area contributed by atoms with Crippen molar-refractivity contribution in [1.82, 2.24) is 29.7 Å². The second-order valence-corrected chi connectivity index (χ2v) is 5.90. The van der Waals surface area contributed by atoms with E-state index in [1.807, 2.05) is 57.3 Å². The molecule has 0 bridgehead atoms. The lowest BCUT2D eigenvalue weighted by Gasteiger charge is -2.06. The Hall–Kier alpha value is -3.15. The fourth-order valence-corrected chi connectivity index (χ4v) is 2.46. The van der Waals surface area contributed by atoms with Gasteiger partial charge in [0.05, 0.1) is 11.2 Å². The van der Waals surface area contributed by atoms with Gasteiger partial charge in [-0.15, -0.1) is 0 Å². The summed E-state index contributed by atoms with van der Waals surface area (Å²) < 4.78 is 1.70. The topological polar surface area (TPSA) is 69.4 Å². The molecule has 4 rings (SSSR count). The Morgan fingerprint density at radius 2 is 1.63 bits per heavy atom. The molecule has 4 aromatic rings. The van der Waals surface area contributed by atoms with E-state index in [9.17, 15) is 0 Å². The van der Waals surface area contributed by atoms with Crippen LogP contribution in [0.5, 0.6) is 0 Å². The van der Waals surface area contributed by atoms with Gasteiger partial charge in [-0.05, 0) is 25.0 Å². The molecule has 1 aromatic carbocycles. The first-order valence-electron chi connectivity index (χ1n) is 9.13. The molecule has 0 aliphatic rings. The Kier molecular flexibility index (Phi) is 7.55. The second kappa shape index (κ2) is 10.1. The largest absolute Gasteiger partial charge is 0.242 e. The first-order valence-corrected chi connectivity index (χ1v) is 9.13. The fourth-order valence-electron chi connectivity index (χ4n) is 2.46. The van der Waals surface area contributed by atoms with Gasteiger partial charge in [-0.3, -0.25) is 0 Å². The number of hydrogen-bond donors (Lipinski definition) is 0. The number of aromatic nitrogens is 6. The van der Waals surface area contributed by atoms with Gasteiger partial charge in [0, 0.05) is 29.5 Å². The van der Waals surface area contributed by atoms with Crippen LogP contribution in [0.1, 0.15) is 45.0 Å². The van der Waals surface area contributed by atoms with Crippen LogP contribution in [-0.2, 0) is 0 Å². The first-order chi connectivity index (χ1) is 13.1. The zero-order valence-corrected chi connectivity index (χ0v) is 16.5. The molecule has 6 heteroatoms. The van der Waals surface area contributed by atoms with E-state index in [1.54, 1.807) is 17.2 Å². The minimum absolute atomic E-state index is 0.452. The summed E-state index contributed by atoms with van der Waals surface area (Å²) in [5, 5.41) is 5.22. The molecule has 0 saturated heterocycles. The maximum Gasteiger partial charge on any atom is 0.156 e. The number of nitrogens with zero attached hydrogens (tertiary/aromatic N) is 6. The summed E-state index contributed by atoms with van der Waals surface area (Å²) >= 11 is 0. The highest BCUT2D eigenvalue weighted by molar-refractivity contribution is 5.80. The monoisotopic (exact) mass is 362 g/mol. The Morgan fingerprint density at radius 3 is 2.30 bits per heavy atom. The standard InChI is InChI=1S/C11H12N2.C8H8N4.C2H6/c1-8(2)11-9-5-3-4-6-10(9)12-7-13-11;1-7-5-8(10-6-9-7)12-4-2-3-11-12;1-2/h3-8H,1-2H3;2-6H,1H3;1-2H3. The SMILES string of the molecule is CC.CC(C)c1ncnc2ccccc12.Cc1cc(-n2cccn2)ncn1.